The average Bonchev–Trinajstić information content (AvgIpc) is 2.76. The standard InChI is InChI=1S/C14H11NOS/c1-9-10(5-4-7-12(9)16)14-15-11-6-2-3-8-13(11)17-14/h2-8,16H,1H3. The van der Waals surface area contributed by atoms with E-state index in [4.69, 9.17) is 0 Å². The SMILES string of the molecule is Cc1c(O)cccc1-c1nc2ccccc2s1. The number of benzene rings is 2. The molecule has 3 rings (SSSR count). The van der Waals surface area contributed by atoms with Crippen LogP contribution in [0.25, 0.3) is 20.8 Å². The number of hydrogen-bond acceptors (Lipinski definition) is 3. The lowest BCUT2D eigenvalue weighted by molar-refractivity contribution is 0.471. The zero-order chi connectivity index (χ0) is 11.8. The number of rotatable bonds is 1. The summed E-state index contributed by atoms with van der Waals surface area (Å²) in [5.41, 5.74) is 2.90. The molecule has 17 heavy (non-hydrogen) atoms. The Hall–Kier alpha value is -1.87. The lowest BCUT2D eigenvalue weighted by Gasteiger charge is -2.03. The summed E-state index contributed by atoms with van der Waals surface area (Å²) < 4.78 is 1.17. The number of phenolic OH excluding ortho intramolecular Hbond substituents is 1. The number of aromatic hydroxyl groups is 1. The molecule has 0 amide bonds. The van der Waals surface area contributed by atoms with E-state index in [1.54, 1.807) is 17.4 Å². The van der Waals surface area contributed by atoms with Crippen molar-refractivity contribution in [2.24, 2.45) is 0 Å². The van der Waals surface area contributed by atoms with Crippen molar-refractivity contribution in [2.45, 2.75) is 6.92 Å². The molecule has 0 unspecified atom stereocenters. The number of para-hydroxylation sites is 1. The van der Waals surface area contributed by atoms with Crippen LogP contribution < -0.4 is 0 Å². The van der Waals surface area contributed by atoms with E-state index in [1.807, 2.05) is 37.3 Å². The van der Waals surface area contributed by atoms with E-state index in [0.717, 1.165) is 21.7 Å². The Morgan fingerprint density at radius 2 is 1.88 bits per heavy atom. The molecule has 1 aromatic heterocycles. The van der Waals surface area contributed by atoms with Crippen molar-refractivity contribution < 1.29 is 5.11 Å². The predicted molar refractivity (Wildman–Crippen MR) is 71.5 cm³/mol. The van der Waals surface area contributed by atoms with E-state index in [0.29, 0.717) is 5.75 Å². The van der Waals surface area contributed by atoms with Gasteiger partial charge in [-0.15, -0.1) is 11.3 Å². The zero-order valence-corrected chi connectivity index (χ0v) is 10.2. The Balaban J connectivity index is 2.24. The van der Waals surface area contributed by atoms with E-state index in [-0.39, 0.29) is 0 Å². The lowest BCUT2D eigenvalue weighted by atomic mass is 10.1. The van der Waals surface area contributed by atoms with Crippen molar-refractivity contribution in [1.82, 2.24) is 4.98 Å². The van der Waals surface area contributed by atoms with Gasteiger partial charge in [0.2, 0.25) is 0 Å². The molecule has 3 aromatic rings. The fraction of sp³-hybridized carbons (Fsp3) is 0.0714. The quantitative estimate of drug-likeness (QED) is 0.699. The number of thiazole rings is 1. The second-order valence-electron chi connectivity index (χ2n) is 3.94. The van der Waals surface area contributed by atoms with Gasteiger partial charge in [-0.1, -0.05) is 24.3 Å². The average molecular weight is 241 g/mol. The first-order chi connectivity index (χ1) is 8.25. The van der Waals surface area contributed by atoms with Gasteiger partial charge in [0.15, 0.2) is 0 Å². The van der Waals surface area contributed by atoms with Crippen molar-refractivity contribution >= 4 is 21.6 Å². The number of nitrogens with zero attached hydrogens (tertiary/aromatic N) is 1. The van der Waals surface area contributed by atoms with Gasteiger partial charge in [-0.2, -0.15) is 0 Å². The first-order valence-electron chi connectivity index (χ1n) is 5.40. The minimum absolute atomic E-state index is 0.321. The van der Waals surface area contributed by atoms with Crippen LogP contribution in [0.2, 0.25) is 0 Å². The monoisotopic (exact) mass is 241 g/mol. The second-order valence-corrected chi connectivity index (χ2v) is 4.97. The maximum atomic E-state index is 9.71. The van der Waals surface area contributed by atoms with Crippen LogP contribution in [0.15, 0.2) is 42.5 Å². The Bertz CT molecular complexity index is 655. The van der Waals surface area contributed by atoms with Gasteiger partial charge in [0.1, 0.15) is 10.8 Å². The molecular weight excluding hydrogens is 230 g/mol. The molecule has 0 saturated heterocycles. The third-order valence-corrected chi connectivity index (χ3v) is 3.90. The van der Waals surface area contributed by atoms with E-state index < -0.39 is 0 Å². The van der Waals surface area contributed by atoms with Gasteiger partial charge in [0.05, 0.1) is 10.2 Å². The van der Waals surface area contributed by atoms with Crippen LogP contribution in [-0.2, 0) is 0 Å². The lowest BCUT2D eigenvalue weighted by Crippen LogP contribution is -1.82. The van der Waals surface area contributed by atoms with Crippen LogP contribution in [0.3, 0.4) is 0 Å². The fourth-order valence-electron chi connectivity index (χ4n) is 1.84. The molecule has 3 heteroatoms. The Labute approximate surface area is 103 Å². The van der Waals surface area contributed by atoms with E-state index in [9.17, 15) is 5.11 Å². The van der Waals surface area contributed by atoms with E-state index in [1.165, 1.54) is 4.70 Å². The maximum Gasteiger partial charge on any atom is 0.125 e. The van der Waals surface area contributed by atoms with E-state index in [2.05, 4.69) is 11.1 Å². The van der Waals surface area contributed by atoms with Gasteiger partial charge in [-0.25, -0.2) is 4.98 Å². The number of aromatic nitrogens is 1. The van der Waals surface area contributed by atoms with Gasteiger partial charge in [0, 0.05) is 11.1 Å². The summed E-state index contributed by atoms with van der Waals surface area (Å²) in [6.45, 7) is 1.91. The third kappa shape index (κ3) is 1.68. The van der Waals surface area contributed by atoms with Gasteiger partial charge in [-0.05, 0) is 25.1 Å². The summed E-state index contributed by atoms with van der Waals surface area (Å²) >= 11 is 1.65. The third-order valence-electron chi connectivity index (χ3n) is 2.83. The number of phenols is 1. The molecular formula is C14H11NOS. The molecule has 0 bridgehead atoms. The Kier molecular flexibility index (Phi) is 2.34. The topological polar surface area (TPSA) is 33.1 Å². The summed E-state index contributed by atoms with van der Waals surface area (Å²) in [5, 5.41) is 10.7. The summed E-state index contributed by atoms with van der Waals surface area (Å²) in [4.78, 5) is 4.59. The highest BCUT2D eigenvalue weighted by Gasteiger charge is 2.09. The smallest absolute Gasteiger partial charge is 0.125 e. The minimum atomic E-state index is 0.321. The van der Waals surface area contributed by atoms with Gasteiger partial charge in [-0.3, -0.25) is 0 Å². The summed E-state index contributed by atoms with van der Waals surface area (Å²) in [7, 11) is 0. The fourth-order valence-corrected chi connectivity index (χ4v) is 2.89. The first-order valence-corrected chi connectivity index (χ1v) is 6.22. The van der Waals surface area contributed by atoms with Gasteiger partial charge < -0.3 is 5.11 Å². The maximum absolute atomic E-state index is 9.71. The van der Waals surface area contributed by atoms with Crippen LogP contribution in [-0.4, -0.2) is 10.1 Å². The molecule has 0 aliphatic heterocycles. The van der Waals surface area contributed by atoms with Gasteiger partial charge in [0.25, 0.3) is 0 Å². The largest absolute Gasteiger partial charge is 0.508 e. The number of fused-ring (bicyclic) bond motifs is 1. The molecule has 0 atom stereocenters. The second kappa shape index (κ2) is 3.86. The first kappa shape index (κ1) is 10.3. The zero-order valence-electron chi connectivity index (χ0n) is 9.34. The molecule has 0 fully saturated rings. The van der Waals surface area contributed by atoms with Crippen molar-refractivity contribution in [3.63, 3.8) is 0 Å². The summed E-state index contributed by atoms with van der Waals surface area (Å²) in [6.07, 6.45) is 0. The van der Waals surface area contributed by atoms with Crippen molar-refractivity contribution in [3.05, 3.63) is 48.0 Å². The molecule has 0 aliphatic rings. The highest BCUT2D eigenvalue weighted by Crippen LogP contribution is 2.34. The molecule has 0 aliphatic carbocycles. The molecule has 1 N–H and O–H groups in total. The highest BCUT2D eigenvalue weighted by atomic mass is 32.1. The van der Waals surface area contributed by atoms with Crippen molar-refractivity contribution in [2.75, 3.05) is 0 Å². The number of hydrogen-bond donors (Lipinski definition) is 1. The van der Waals surface area contributed by atoms with Crippen molar-refractivity contribution in [3.8, 4) is 16.3 Å². The normalized spacial score (nSPS) is 10.9. The molecule has 84 valence electrons. The van der Waals surface area contributed by atoms with E-state index >= 15 is 0 Å². The van der Waals surface area contributed by atoms with Crippen molar-refractivity contribution in [1.29, 1.82) is 0 Å². The molecule has 0 saturated carbocycles. The summed E-state index contributed by atoms with van der Waals surface area (Å²) in [5.74, 6) is 0.321. The molecule has 2 nitrogen and oxygen atoms in total. The minimum Gasteiger partial charge on any atom is -0.508 e. The summed E-state index contributed by atoms with van der Waals surface area (Å²) in [6, 6.07) is 13.6. The van der Waals surface area contributed by atoms with Crippen LogP contribution in [0.5, 0.6) is 5.75 Å². The Morgan fingerprint density at radius 1 is 1.06 bits per heavy atom. The predicted octanol–water partition coefficient (Wildman–Crippen LogP) is 3.98. The van der Waals surface area contributed by atoms with Crippen LogP contribution in [0.4, 0.5) is 0 Å². The Morgan fingerprint density at radius 3 is 2.71 bits per heavy atom. The van der Waals surface area contributed by atoms with Crippen LogP contribution in [0, 0.1) is 6.92 Å². The highest BCUT2D eigenvalue weighted by molar-refractivity contribution is 7.21. The molecule has 0 spiro atoms. The molecule has 2 aromatic carbocycles. The van der Waals surface area contributed by atoms with Crippen LogP contribution in [0.1, 0.15) is 5.56 Å². The molecule has 1 heterocycles. The molecule has 0 radical (unpaired) electrons. The van der Waals surface area contributed by atoms with Crippen LogP contribution >= 0.6 is 11.3 Å². The van der Waals surface area contributed by atoms with Gasteiger partial charge >= 0.3 is 0 Å².